The number of rotatable bonds is 4. The first-order valence-electron chi connectivity index (χ1n) is 9.43. The van der Waals surface area contributed by atoms with Crippen molar-refractivity contribution in [3.63, 3.8) is 0 Å². The van der Waals surface area contributed by atoms with Gasteiger partial charge in [-0.3, -0.25) is 4.79 Å². The van der Waals surface area contributed by atoms with Gasteiger partial charge in [0.2, 0.25) is 0 Å². The molecule has 0 bridgehead atoms. The van der Waals surface area contributed by atoms with Gasteiger partial charge in [0.1, 0.15) is 13.2 Å². The van der Waals surface area contributed by atoms with Gasteiger partial charge in [-0.15, -0.1) is 0 Å². The maximum atomic E-state index is 13.1. The standard InChI is InChI=1S/C23H24N2O3/c1-16-13-20(17(2)25(16)19-7-5-4-6-8-19)23(26)24(3)15-18-9-10-21-22(14-18)28-12-11-27-21/h4-10,13-14H,11-12,15H2,1-3H3. The number of carbonyl (C=O) groups excluding carboxylic acids is 1. The van der Waals surface area contributed by atoms with Crippen LogP contribution in [0.15, 0.2) is 54.6 Å². The van der Waals surface area contributed by atoms with E-state index in [1.54, 1.807) is 4.90 Å². The van der Waals surface area contributed by atoms with Gasteiger partial charge in [-0.25, -0.2) is 0 Å². The van der Waals surface area contributed by atoms with Crippen LogP contribution in [0.5, 0.6) is 11.5 Å². The fourth-order valence-corrected chi connectivity index (χ4v) is 3.69. The first kappa shape index (κ1) is 18.2. The number of fused-ring (bicyclic) bond motifs is 1. The fourth-order valence-electron chi connectivity index (χ4n) is 3.69. The van der Waals surface area contributed by atoms with E-state index in [0.717, 1.165) is 39.7 Å². The number of amides is 1. The Morgan fingerprint density at radius 1 is 1.00 bits per heavy atom. The second-order valence-electron chi connectivity index (χ2n) is 7.09. The van der Waals surface area contributed by atoms with Crippen molar-refractivity contribution in [3.8, 4) is 17.2 Å². The molecule has 0 fully saturated rings. The number of nitrogens with zero attached hydrogens (tertiary/aromatic N) is 2. The van der Waals surface area contributed by atoms with Crippen LogP contribution in [0.25, 0.3) is 5.69 Å². The van der Waals surface area contributed by atoms with E-state index in [1.165, 1.54) is 0 Å². The molecule has 1 aliphatic heterocycles. The van der Waals surface area contributed by atoms with Gasteiger partial charge in [-0.2, -0.15) is 0 Å². The van der Waals surface area contributed by atoms with Gasteiger partial charge < -0.3 is 18.9 Å². The summed E-state index contributed by atoms with van der Waals surface area (Å²) in [6.07, 6.45) is 0. The Bertz CT molecular complexity index is 1010. The van der Waals surface area contributed by atoms with Crippen LogP contribution in [0, 0.1) is 13.8 Å². The second kappa shape index (κ2) is 7.43. The number of benzene rings is 2. The van der Waals surface area contributed by atoms with E-state index in [9.17, 15) is 4.79 Å². The van der Waals surface area contributed by atoms with Gasteiger partial charge in [-0.05, 0) is 49.7 Å². The topological polar surface area (TPSA) is 43.7 Å². The van der Waals surface area contributed by atoms with Gasteiger partial charge in [0.15, 0.2) is 11.5 Å². The number of hydrogen-bond acceptors (Lipinski definition) is 3. The number of hydrogen-bond donors (Lipinski definition) is 0. The van der Waals surface area contributed by atoms with Gasteiger partial charge in [0.05, 0.1) is 5.56 Å². The molecule has 2 heterocycles. The summed E-state index contributed by atoms with van der Waals surface area (Å²) in [4.78, 5) is 14.9. The van der Waals surface area contributed by atoms with Gasteiger partial charge in [-0.1, -0.05) is 24.3 Å². The van der Waals surface area contributed by atoms with Crippen LogP contribution in [0.2, 0.25) is 0 Å². The third-order valence-corrected chi connectivity index (χ3v) is 5.05. The average Bonchev–Trinajstić information content (AvgIpc) is 3.02. The summed E-state index contributed by atoms with van der Waals surface area (Å²) < 4.78 is 13.3. The van der Waals surface area contributed by atoms with Gasteiger partial charge in [0.25, 0.3) is 5.91 Å². The molecule has 0 radical (unpaired) electrons. The molecule has 0 spiro atoms. The zero-order valence-electron chi connectivity index (χ0n) is 16.4. The molecule has 0 atom stereocenters. The van der Waals surface area contributed by atoms with E-state index in [-0.39, 0.29) is 5.91 Å². The van der Waals surface area contributed by atoms with Crippen molar-refractivity contribution < 1.29 is 14.3 Å². The largest absolute Gasteiger partial charge is 0.486 e. The number of para-hydroxylation sites is 1. The summed E-state index contributed by atoms with van der Waals surface area (Å²) in [5.41, 5.74) is 4.78. The molecule has 3 aromatic rings. The van der Waals surface area contributed by atoms with Gasteiger partial charge >= 0.3 is 0 Å². The summed E-state index contributed by atoms with van der Waals surface area (Å²) in [5, 5.41) is 0. The van der Waals surface area contributed by atoms with Crippen molar-refractivity contribution in [2.45, 2.75) is 20.4 Å². The van der Waals surface area contributed by atoms with Crippen molar-refractivity contribution >= 4 is 5.91 Å². The lowest BCUT2D eigenvalue weighted by Gasteiger charge is -2.21. The normalized spacial score (nSPS) is 12.7. The molecule has 0 saturated carbocycles. The van der Waals surface area contributed by atoms with Crippen LogP contribution in [-0.2, 0) is 6.54 Å². The Morgan fingerprint density at radius 3 is 2.46 bits per heavy atom. The van der Waals surface area contributed by atoms with E-state index >= 15 is 0 Å². The van der Waals surface area contributed by atoms with Crippen molar-refractivity contribution in [3.05, 3.63) is 77.1 Å². The summed E-state index contributed by atoms with van der Waals surface area (Å²) in [6, 6.07) is 17.9. The Morgan fingerprint density at radius 2 is 1.71 bits per heavy atom. The molecule has 0 N–H and O–H groups in total. The molecule has 2 aromatic carbocycles. The van der Waals surface area contributed by atoms with Crippen LogP contribution in [0.1, 0.15) is 27.3 Å². The van der Waals surface area contributed by atoms with Crippen LogP contribution >= 0.6 is 0 Å². The Kier molecular flexibility index (Phi) is 4.82. The van der Waals surface area contributed by atoms with Crippen molar-refractivity contribution in [2.75, 3.05) is 20.3 Å². The first-order chi connectivity index (χ1) is 13.5. The second-order valence-corrected chi connectivity index (χ2v) is 7.09. The van der Waals surface area contributed by atoms with Crippen molar-refractivity contribution in [1.29, 1.82) is 0 Å². The maximum absolute atomic E-state index is 13.1. The van der Waals surface area contributed by atoms with E-state index in [2.05, 4.69) is 4.57 Å². The lowest BCUT2D eigenvalue weighted by Crippen LogP contribution is -2.26. The van der Waals surface area contributed by atoms with Gasteiger partial charge in [0, 0.05) is 30.7 Å². The predicted octanol–water partition coefficient (Wildman–Crippen LogP) is 4.14. The predicted molar refractivity (Wildman–Crippen MR) is 108 cm³/mol. The minimum absolute atomic E-state index is 0.00479. The molecule has 28 heavy (non-hydrogen) atoms. The molecular formula is C23H24N2O3. The Hall–Kier alpha value is -3.21. The molecule has 0 aliphatic carbocycles. The zero-order chi connectivity index (χ0) is 19.7. The number of aromatic nitrogens is 1. The lowest BCUT2D eigenvalue weighted by molar-refractivity contribution is 0.0784. The van der Waals surface area contributed by atoms with E-state index in [1.807, 2.05) is 75.5 Å². The van der Waals surface area contributed by atoms with E-state index in [4.69, 9.17) is 9.47 Å². The summed E-state index contributed by atoms with van der Waals surface area (Å²) in [6.45, 7) is 5.64. The molecule has 5 nitrogen and oxygen atoms in total. The first-order valence-corrected chi connectivity index (χ1v) is 9.43. The minimum Gasteiger partial charge on any atom is -0.486 e. The number of ether oxygens (including phenoxy) is 2. The highest BCUT2D eigenvalue weighted by atomic mass is 16.6. The quantitative estimate of drug-likeness (QED) is 0.687. The summed E-state index contributed by atoms with van der Waals surface area (Å²) >= 11 is 0. The highest BCUT2D eigenvalue weighted by molar-refractivity contribution is 5.95. The minimum atomic E-state index is 0.00479. The fraction of sp³-hybridized carbons (Fsp3) is 0.261. The van der Waals surface area contributed by atoms with E-state index in [0.29, 0.717) is 19.8 Å². The molecule has 0 saturated heterocycles. The molecule has 0 unspecified atom stereocenters. The summed E-state index contributed by atoms with van der Waals surface area (Å²) in [5.74, 6) is 1.51. The highest BCUT2D eigenvalue weighted by Crippen LogP contribution is 2.31. The molecule has 1 amide bonds. The van der Waals surface area contributed by atoms with E-state index < -0.39 is 0 Å². The van der Waals surface area contributed by atoms with Crippen molar-refractivity contribution in [1.82, 2.24) is 9.47 Å². The Labute approximate surface area is 165 Å². The van der Waals surface area contributed by atoms with Crippen LogP contribution in [0.4, 0.5) is 0 Å². The molecule has 144 valence electrons. The van der Waals surface area contributed by atoms with Crippen LogP contribution < -0.4 is 9.47 Å². The molecule has 1 aromatic heterocycles. The molecule has 4 rings (SSSR count). The van der Waals surface area contributed by atoms with Crippen molar-refractivity contribution in [2.24, 2.45) is 0 Å². The monoisotopic (exact) mass is 376 g/mol. The summed E-state index contributed by atoms with van der Waals surface area (Å²) in [7, 11) is 1.83. The zero-order valence-corrected chi connectivity index (χ0v) is 16.4. The third kappa shape index (κ3) is 3.36. The molecular weight excluding hydrogens is 352 g/mol. The average molecular weight is 376 g/mol. The lowest BCUT2D eigenvalue weighted by atomic mass is 10.1. The third-order valence-electron chi connectivity index (χ3n) is 5.05. The Balaban J connectivity index is 1.56. The number of carbonyl (C=O) groups is 1. The van der Waals surface area contributed by atoms with Crippen LogP contribution in [0.3, 0.4) is 0 Å². The smallest absolute Gasteiger partial charge is 0.255 e. The molecule has 1 aliphatic rings. The highest BCUT2D eigenvalue weighted by Gasteiger charge is 2.20. The number of aryl methyl sites for hydroxylation is 1. The SMILES string of the molecule is Cc1cc(C(=O)N(C)Cc2ccc3c(c2)OCCO3)c(C)n1-c1ccccc1. The van der Waals surface area contributed by atoms with Crippen LogP contribution in [-0.4, -0.2) is 35.6 Å². The molecule has 5 heteroatoms. The maximum Gasteiger partial charge on any atom is 0.255 e.